The van der Waals surface area contributed by atoms with E-state index < -0.39 is 0 Å². The third-order valence-electron chi connectivity index (χ3n) is 4.50. The molecule has 0 aromatic carbocycles. The van der Waals surface area contributed by atoms with Crippen LogP contribution in [0, 0.1) is 17.3 Å². The maximum absolute atomic E-state index is 4.10. The molecule has 0 saturated carbocycles. The molecule has 0 radical (unpaired) electrons. The minimum absolute atomic E-state index is 0.399. The van der Waals surface area contributed by atoms with Crippen molar-refractivity contribution < 1.29 is 0 Å². The molecule has 0 bridgehead atoms. The topological polar surface area (TPSA) is 0 Å². The summed E-state index contributed by atoms with van der Waals surface area (Å²) in [6, 6.07) is 0. The lowest BCUT2D eigenvalue weighted by molar-refractivity contribution is 0.195. The van der Waals surface area contributed by atoms with Gasteiger partial charge in [-0.05, 0) is 49.0 Å². The van der Waals surface area contributed by atoms with Crippen LogP contribution in [0.4, 0.5) is 0 Å². The Morgan fingerprint density at radius 3 is 2.93 bits per heavy atom. The lowest BCUT2D eigenvalue weighted by Gasteiger charge is -2.44. The van der Waals surface area contributed by atoms with Crippen LogP contribution in [0.1, 0.15) is 40.0 Å². The molecule has 0 nitrogen and oxygen atoms in total. The number of hydrogen-bond acceptors (Lipinski definition) is 0. The summed E-state index contributed by atoms with van der Waals surface area (Å²) in [6.07, 6.45) is 11.0. The zero-order valence-corrected chi connectivity index (χ0v) is 10.2. The van der Waals surface area contributed by atoms with Crippen molar-refractivity contribution in [2.24, 2.45) is 17.3 Å². The molecule has 0 fully saturated rings. The lowest BCUT2D eigenvalue weighted by Crippen LogP contribution is -2.34. The van der Waals surface area contributed by atoms with Crippen molar-refractivity contribution in [2.45, 2.75) is 40.0 Å². The Morgan fingerprint density at radius 1 is 1.53 bits per heavy atom. The smallest absolute Gasteiger partial charge is 0.00170 e. The van der Waals surface area contributed by atoms with Gasteiger partial charge in [-0.1, -0.05) is 44.2 Å². The summed E-state index contributed by atoms with van der Waals surface area (Å²) in [5.41, 5.74) is 3.28. The quantitative estimate of drug-likeness (QED) is 0.549. The van der Waals surface area contributed by atoms with Crippen LogP contribution >= 0.6 is 0 Å². The average Bonchev–Trinajstić information content (AvgIpc) is 2.19. The van der Waals surface area contributed by atoms with Crippen LogP contribution in [0.15, 0.2) is 36.0 Å². The molecule has 0 saturated heterocycles. The summed E-state index contributed by atoms with van der Waals surface area (Å²) < 4.78 is 0. The number of rotatable bonds is 1. The van der Waals surface area contributed by atoms with E-state index in [4.69, 9.17) is 0 Å². The monoisotopic (exact) mass is 202 g/mol. The molecule has 0 heterocycles. The Balaban J connectivity index is 2.34. The van der Waals surface area contributed by atoms with Crippen molar-refractivity contribution in [3.63, 3.8) is 0 Å². The summed E-state index contributed by atoms with van der Waals surface area (Å²) in [6.45, 7) is 11.1. The number of fused-ring (bicyclic) bond motifs is 1. The first-order valence-corrected chi connectivity index (χ1v) is 6.08. The molecule has 0 heteroatoms. The van der Waals surface area contributed by atoms with E-state index in [0.29, 0.717) is 11.3 Å². The van der Waals surface area contributed by atoms with Gasteiger partial charge in [-0.25, -0.2) is 0 Å². The SMILES string of the molecule is C=C(C)[C@H]1C=CC2=CCC[C@H](C)[C@@]2(C)C1. The highest BCUT2D eigenvalue weighted by Gasteiger charge is 2.39. The second kappa shape index (κ2) is 3.66. The summed E-state index contributed by atoms with van der Waals surface area (Å²) >= 11 is 0. The van der Waals surface area contributed by atoms with E-state index in [9.17, 15) is 0 Å². The normalized spacial score (nSPS) is 39.5. The molecule has 82 valence electrons. The molecule has 0 spiro atoms. The second-order valence-corrected chi connectivity index (χ2v) is 5.57. The van der Waals surface area contributed by atoms with Crippen molar-refractivity contribution in [1.82, 2.24) is 0 Å². The largest absolute Gasteiger partial charge is 0.0995 e. The lowest BCUT2D eigenvalue weighted by atomic mass is 9.60. The zero-order chi connectivity index (χ0) is 11.1. The van der Waals surface area contributed by atoms with Crippen molar-refractivity contribution in [1.29, 1.82) is 0 Å². The van der Waals surface area contributed by atoms with E-state index in [-0.39, 0.29) is 0 Å². The fraction of sp³-hybridized carbons (Fsp3) is 0.600. The summed E-state index contributed by atoms with van der Waals surface area (Å²) in [7, 11) is 0. The molecular weight excluding hydrogens is 180 g/mol. The maximum atomic E-state index is 4.10. The molecule has 2 aliphatic rings. The predicted molar refractivity (Wildman–Crippen MR) is 66.6 cm³/mol. The van der Waals surface area contributed by atoms with Gasteiger partial charge in [0.25, 0.3) is 0 Å². The summed E-state index contributed by atoms with van der Waals surface area (Å²) in [5.74, 6) is 1.40. The molecule has 15 heavy (non-hydrogen) atoms. The Bertz CT molecular complexity index is 332. The van der Waals surface area contributed by atoms with Gasteiger partial charge in [0, 0.05) is 0 Å². The van der Waals surface area contributed by atoms with Crippen LogP contribution in [0.5, 0.6) is 0 Å². The van der Waals surface area contributed by atoms with Crippen LogP contribution in [0.2, 0.25) is 0 Å². The van der Waals surface area contributed by atoms with Crippen LogP contribution < -0.4 is 0 Å². The molecule has 2 aliphatic carbocycles. The Kier molecular flexibility index (Phi) is 2.62. The van der Waals surface area contributed by atoms with Gasteiger partial charge in [-0.15, -0.1) is 0 Å². The number of hydrogen-bond donors (Lipinski definition) is 0. The Morgan fingerprint density at radius 2 is 2.27 bits per heavy atom. The predicted octanol–water partition coefficient (Wildman–Crippen LogP) is 4.50. The third-order valence-corrected chi connectivity index (χ3v) is 4.50. The van der Waals surface area contributed by atoms with Crippen molar-refractivity contribution in [3.8, 4) is 0 Å². The minimum Gasteiger partial charge on any atom is -0.0995 e. The van der Waals surface area contributed by atoms with Crippen LogP contribution in [-0.4, -0.2) is 0 Å². The average molecular weight is 202 g/mol. The van der Waals surface area contributed by atoms with Crippen LogP contribution in [-0.2, 0) is 0 Å². The van der Waals surface area contributed by atoms with E-state index in [1.54, 1.807) is 5.57 Å². The van der Waals surface area contributed by atoms with E-state index in [1.807, 2.05) is 0 Å². The van der Waals surface area contributed by atoms with Crippen LogP contribution in [0.3, 0.4) is 0 Å². The first-order valence-electron chi connectivity index (χ1n) is 6.08. The van der Waals surface area contributed by atoms with Crippen molar-refractivity contribution in [2.75, 3.05) is 0 Å². The van der Waals surface area contributed by atoms with E-state index in [1.165, 1.54) is 24.8 Å². The molecule has 0 aliphatic heterocycles. The molecular formula is C15H22. The molecule has 0 aromatic heterocycles. The van der Waals surface area contributed by atoms with Gasteiger partial charge in [0.2, 0.25) is 0 Å². The highest BCUT2D eigenvalue weighted by molar-refractivity contribution is 5.35. The Labute approximate surface area is 93.8 Å². The van der Waals surface area contributed by atoms with Gasteiger partial charge in [0.05, 0.1) is 0 Å². The van der Waals surface area contributed by atoms with Gasteiger partial charge < -0.3 is 0 Å². The summed E-state index contributed by atoms with van der Waals surface area (Å²) in [5, 5.41) is 0. The molecule has 2 rings (SSSR count). The highest BCUT2D eigenvalue weighted by Crippen LogP contribution is 2.50. The molecule has 3 atom stereocenters. The molecule has 0 amide bonds. The fourth-order valence-electron chi connectivity index (χ4n) is 2.99. The van der Waals surface area contributed by atoms with E-state index >= 15 is 0 Å². The standard InChI is InChI=1S/C15H22/c1-11(2)13-8-9-14-7-5-6-12(3)15(14,4)10-13/h7-9,12-13H,1,5-6,10H2,2-4H3/t12-,13-,15+/m0/s1. The first kappa shape index (κ1) is 10.7. The highest BCUT2D eigenvalue weighted by atomic mass is 14.4. The van der Waals surface area contributed by atoms with Gasteiger partial charge in [-0.3, -0.25) is 0 Å². The number of allylic oxidation sites excluding steroid dienone is 5. The molecule has 0 aromatic rings. The minimum atomic E-state index is 0.399. The van der Waals surface area contributed by atoms with E-state index in [0.717, 1.165) is 5.92 Å². The Hall–Kier alpha value is -0.780. The van der Waals surface area contributed by atoms with Gasteiger partial charge in [0.15, 0.2) is 0 Å². The fourth-order valence-corrected chi connectivity index (χ4v) is 2.99. The third kappa shape index (κ3) is 1.71. The molecule has 0 unspecified atom stereocenters. The van der Waals surface area contributed by atoms with Gasteiger partial charge in [-0.2, -0.15) is 0 Å². The molecule has 0 N–H and O–H groups in total. The maximum Gasteiger partial charge on any atom is -0.00170 e. The van der Waals surface area contributed by atoms with Gasteiger partial charge in [0.1, 0.15) is 0 Å². The van der Waals surface area contributed by atoms with Crippen LogP contribution in [0.25, 0.3) is 0 Å². The van der Waals surface area contributed by atoms with Crippen molar-refractivity contribution in [3.05, 3.63) is 36.0 Å². The van der Waals surface area contributed by atoms with Gasteiger partial charge >= 0.3 is 0 Å². The zero-order valence-electron chi connectivity index (χ0n) is 10.2. The van der Waals surface area contributed by atoms with Crippen molar-refractivity contribution >= 4 is 0 Å². The second-order valence-electron chi connectivity index (χ2n) is 5.57. The summed E-state index contributed by atoms with van der Waals surface area (Å²) in [4.78, 5) is 0. The first-order chi connectivity index (χ1) is 7.04. The van der Waals surface area contributed by atoms with E-state index in [2.05, 4.69) is 45.6 Å².